The number of aromatic nitrogens is 1. The van der Waals surface area contributed by atoms with Crippen LogP contribution in [-0.4, -0.2) is 41.6 Å². The second-order valence-electron chi connectivity index (χ2n) is 6.43. The van der Waals surface area contributed by atoms with Crippen LogP contribution in [0.1, 0.15) is 34.6 Å². The van der Waals surface area contributed by atoms with Crippen molar-refractivity contribution in [3.05, 3.63) is 51.8 Å². The molecule has 6 heteroatoms. The van der Waals surface area contributed by atoms with E-state index in [-0.39, 0.29) is 18.3 Å². The van der Waals surface area contributed by atoms with Gasteiger partial charge >= 0.3 is 0 Å². The molecule has 1 N–H and O–H groups in total. The van der Waals surface area contributed by atoms with Crippen LogP contribution in [0.25, 0.3) is 5.69 Å². The molecule has 0 bridgehead atoms. The van der Waals surface area contributed by atoms with Gasteiger partial charge in [-0.15, -0.1) is 12.4 Å². The highest BCUT2D eigenvalue weighted by Crippen LogP contribution is 2.27. The molecule has 0 atom stereocenters. The Balaban J connectivity index is 0.00000225. The maximum absolute atomic E-state index is 13.0. The molecule has 3 rings (SSSR count). The molecule has 25 heavy (non-hydrogen) atoms. The summed E-state index contributed by atoms with van der Waals surface area (Å²) in [4.78, 5) is 15.0. The zero-order chi connectivity index (χ0) is 17.3. The van der Waals surface area contributed by atoms with E-state index in [1.807, 2.05) is 43.1 Å². The number of likely N-dealkylation sites (tertiary alicyclic amines) is 1. The molecule has 1 amide bonds. The van der Waals surface area contributed by atoms with Crippen LogP contribution < -0.4 is 5.32 Å². The summed E-state index contributed by atoms with van der Waals surface area (Å²) >= 11 is 3.62. The molecule has 1 aliphatic rings. The van der Waals surface area contributed by atoms with E-state index in [0.29, 0.717) is 6.04 Å². The smallest absolute Gasteiger partial charge is 0.255 e. The van der Waals surface area contributed by atoms with E-state index >= 15 is 0 Å². The number of carbonyl (C=O) groups is 1. The number of para-hydroxylation sites is 1. The van der Waals surface area contributed by atoms with Crippen molar-refractivity contribution in [3.63, 3.8) is 0 Å². The molecule has 0 unspecified atom stereocenters. The summed E-state index contributed by atoms with van der Waals surface area (Å²) in [5.41, 5.74) is 3.96. The van der Waals surface area contributed by atoms with E-state index in [0.717, 1.165) is 53.0 Å². The van der Waals surface area contributed by atoms with Crippen molar-refractivity contribution in [1.82, 2.24) is 14.8 Å². The first-order valence-corrected chi connectivity index (χ1v) is 9.22. The van der Waals surface area contributed by atoms with E-state index in [4.69, 9.17) is 0 Å². The second-order valence-corrected chi connectivity index (χ2v) is 7.28. The van der Waals surface area contributed by atoms with Crippen molar-refractivity contribution >= 4 is 34.2 Å². The summed E-state index contributed by atoms with van der Waals surface area (Å²) in [6.45, 7) is 5.72. The van der Waals surface area contributed by atoms with E-state index in [9.17, 15) is 4.79 Å². The fourth-order valence-electron chi connectivity index (χ4n) is 3.52. The number of hydrogen-bond acceptors (Lipinski definition) is 2. The van der Waals surface area contributed by atoms with Gasteiger partial charge in [0.1, 0.15) is 0 Å². The lowest BCUT2D eigenvalue weighted by molar-refractivity contribution is 0.0706. The molecule has 0 spiro atoms. The summed E-state index contributed by atoms with van der Waals surface area (Å²) in [7, 11) is 1.99. The highest BCUT2D eigenvalue weighted by molar-refractivity contribution is 9.10. The van der Waals surface area contributed by atoms with Crippen molar-refractivity contribution in [1.29, 1.82) is 0 Å². The van der Waals surface area contributed by atoms with Crippen LogP contribution in [0.15, 0.2) is 34.8 Å². The van der Waals surface area contributed by atoms with E-state index in [1.54, 1.807) is 0 Å². The van der Waals surface area contributed by atoms with Gasteiger partial charge < -0.3 is 14.8 Å². The molecule has 1 aromatic carbocycles. The van der Waals surface area contributed by atoms with Crippen molar-refractivity contribution < 1.29 is 4.79 Å². The Hall–Kier alpha value is -1.30. The van der Waals surface area contributed by atoms with Gasteiger partial charge in [-0.1, -0.05) is 12.1 Å². The highest BCUT2D eigenvalue weighted by atomic mass is 79.9. The molecule has 2 heterocycles. The van der Waals surface area contributed by atoms with Gasteiger partial charge in [0.15, 0.2) is 0 Å². The number of piperidine rings is 1. The minimum absolute atomic E-state index is 0. The average molecular weight is 427 g/mol. The predicted octanol–water partition coefficient (Wildman–Crippen LogP) is 4.10. The molecule has 0 aliphatic carbocycles. The van der Waals surface area contributed by atoms with Crippen LogP contribution in [0.4, 0.5) is 0 Å². The van der Waals surface area contributed by atoms with E-state index in [1.165, 1.54) is 0 Å². The summed E-state index contributed by atoms with van der Waals surface area (Å²) in [5, 5.41) is 3.31. The highest BCUT2D eigenvalue weighted by Gasteiger charge is 2.26. The molecule has 4 nitrogen and oxygen atoms in total. The number of nitrogens with zero attached hydrogens (tertiary/aromatic N) is 2. The lowest BCUT2D eigenvalue weighted by Gasteiger charge is -2.31. The lowest BCUT2D eigenvalue weighted by Crippen LogP contribution is -2.44. The largest absolute Gasteiger partial charge is 0.338 e. The quantitative estimate of drug-likeness (QED) is 0.802. The van der Waals surface area contributed by atoms with Crippen LogP contribution in [-0.2, 0) is 0 Å². The zero-order valence-electron chi connectivity index (χ0n) is 14.9. The van der Waals surface area contributed by atoms with E-state index in [2.05, 4.69) is 38.8 Å². The molecule has 2 aromatic rings. The van der Waals surface area contributed by atoms with Crippen LogP contribution in [0, 0.1) is 13.8 Å². The molecule has 1 aromatic heterocycles. The third-order valence-corrected chi connectivity index (χ3v) is 5.62. The van der Waals surface area contributed by atoms with Crippen LogP contribution in [0.3, 0.4) is 0 Å². The molecular weight excluding hydrogens is 402 g/mol. The van der Waals surface area contributed by atoms with Crippen molar-refractivity contribution in [2.75, 3.05) is 20.1 Å². The summed E-state index contributed by atoms with van der Waals surface area (Å²) in [6.07, 6.45) is 2.04. The number of benzene rings is 1. The first kappa shape index (κ1) is 20.0. The first-order valence-electron chi connectivity index (χ1n) is 8.43. The normalized spacial score (nSPS) is 15.1. The van der Waals surface area contributed by atoms with Crippen LogP contribution >= 0.6 is 28.3 Å². The zero-order valence-corrected chi connectivity index (χ0v) is 17.3. The molecule has 1 saturated heterocycles. The standard InChI is InChI=1S/C19H24BrN3O.ClH/c1-13-12-16(19(24)22-10-8-15(21-3)9-11-22)14(2)23(13)18-7-5-4-6-17(18)20;/h4-7,12,15,21H,8-11H2,1-3H3;1H. The van der Waals surface area contributed by atoms with Crippen LogP contribution in [0.2, 0.25) is 0 Å². The Kier molecular flexibility index (Phi) is 6.72. The number of halogens is 2. The van der Waals surface area contributed by atoms with Gasteiger partial charge in [0.05, 0.1) is 11.3 Å². The number of rotatable bonds is 3. The van der Waals surface area contributed by atoms with Crippen molar-refractivity contribution in [3.8, 4) is 5.69 Å². The fourth-order valence-corrected chi connectivity index (χ4v) is 3.99. The van der Waals surface area contributed by atoms with Gasteiger partial charge in [-0.25, -0.2) is 0 Å². The second kappa shape index (κ2) is 8.39. The average Bonchev–Trinajstić information content (AvgIpc) is 2.89. The van der Waals surface area contributed by atoms with Gasteiger partial charge in [0, 0.05) is 35.0 Å². The van der Waals surface area contributed by atoms with Gasteiger partial charge in [0.25, 0.3) is 5.91 Å². The Morgan fingerprint density at radius 2 is 1.84 bits per heavy atom. The molecule has 1 aliphatic heterocycles. The third-order valence-electron chi connectivity index (χ3n) is 4.95. The summed E-state index contributed by atoms with van der Waals surface area (Å²) in [5.74, 6) is 0.149. The monoisotopic (exact) mass is 425 g/mol. The number of aryl methyl sites for hydroxylation is 1. The summed E-state index contributed by atoms with van der Waals surface area (Å²) in [6, 6.07) is 10.7. The number of nitrogens with one attached hydrogen (secondary N) is 1. The topological polar surface area (TPSA) is 37.3 Å². The fraction of sp³-hybridized carbons (Fsp3) is 0.421. The van der Waals surface area contributed by atoms with Crippen LogP contribution in [0.5, 0.6) is 0 Å². The van der Waals surface area contributed by atoms with E-state index < -0.39 is 0 Å². The molecule has 0 saturated carbocycles. The maximum atomic E-state index is 13.0. The van der Waals surface area contributed by atoms with Crippen molar-refractivity contribution in [2.24, 2.45) is 0 Å². The predicted molar refractivity (Wildman–Crippen MR) is 108 cm³/mol. The Morgan fingerprint density at radius 1 is 1.20 bits per heavy atom. The van der Waals surface area contributed by atoms with Gasteiger partial charge in [-0.05, 0) is 67.9 Å². The summed E-state index contributed by atoms with van der Waals surface area (Å²) < 4.78 is 3.18. The number of amides is 1. The third kappa shape index (κ3) is 3.94. The van der Waals surface area contributed by atoms with Gasteiger partial charge in [-0.3, -0.25) is 4.79 Å². The molecule has 0 radical (unpaired) electrons. The number of hydrogen-bond donors (Lipinski definition) is 1. The van der Waals surface area contributed by atoms with Gasteiger partial charge in [0.2, 0.25) is 0 Å². The first-order chi connectivity index (χ1) is 11.5. The molecule has 136 valence electrons. The maximum Gasteiger partial charge on any atom is 0.255 e. The Morgan fingerprint density at radius 3 is 2.44 bits per heavy atom. The SMILES string of the molecule is CNC1CCN(C(=O)c2cc(C)n(-c3ccccc3Br)c2C)CC1.Cl. The Bertz CT molecular complexity index is 751. The lowest BCUT2D eigenvalue weighted by atomic mass is 10.0. The number of carbonyl (C=O) groups excluding carboxylic acids is 1. The minimum atomic E-state index is 0. The van der Waals surface area contributed by atoms with Gasteiger partial charge in [-0.2, -0.15) is 0 Å². The molecular formula is C19H25BrClN3O. The molecule has 1 fully saturated rings. The minimum Gasteiger partial charge on any atom is -0.338 e. The Labute approximate surface area is 164 Å². The van der Waals surface area contributed by atoms with Crippen molar-refractivity contribution in [2.45, 2.75) is 32.7 Å².